The summed E-state index contributed by atoms with van der Waals surface area (Å²) >= 11 is 0. The number of anilines is 1. The summed E-state index contributed by atoms with van der Waals surface area (Å²) in [7, 11) is 0. The van der Waals surface area contributed by atoms with E-state index >= 15 is 0 Å². The van der Waals surface area contributed by atoms with Gasteiger partial charge in [0.05, 0.1) is 0 Å². The summed E-state index contributed by atoms with van der Waals surface area (Å²) in [5.41, 5.74) is 5.78. The van der Waals surface area contributed by atoms with Gasteiger partial charge in [0.15, 0.2) is 0 Å². The molecule has 0 spiro atoms. The van der Waals surface area contributed by atoms with Gasteiger partial charge in [-0.2, -0.15) is 13.2 Å². The van der Waals surface area contributed by atoms with Crippen molar-refractivity contribution >= 4 is 11.9 Å². The predicted molar refractivity (Wildman–Crippen MR) is 86.5 cm³/mol. The van der Waals surface area contributed by atoms with Crippen molar-refractivity contribution < 1.29 is 18.0 Å². The third-order valence-corrected chi connectivity index (χ3v) is 3.31. The smallest absolute Gasteiger partial charge is 0.354 e. The Morgan fingerprint density at radius 1 is 1.16 bits per heavy atom. The number of halogens is 3. The second-order valence-electron chi connectivity index (χ2n) is 5.26. The molecule has 0 bridgehead atoms. The molecule has 2 rings (SSSR count). The molecule has 1 aromatic carbocycles. The quantitative estimate of drug-likeness (QED) is 0.663. The van der Waals surface area contributed by atoms with Crippen LogP contribution in [0.1, 0.15) is 23.7 Å². The number of rotatable bonds is 7. The minimum atomic E-state index is -4.53. The number of nitrogens with one attached hydrogen (secondary N) is 2. The van der Waals surface area contributed by atoms with Crippen molar-refractivity contribution in [3.63, 3.8) is 0 Å². The van der Waals surface area contributed by atoms with Crippen LogP contribution in [0.2, 0.25) is 0 Å². The molecule has 1 heterocycles. The monoisotopic (exact) mass is 353 g/mol. The van der Waals surface area contributed by atoms with Crippen LogP contribution in [0.15, 0.2) is 42.6 Å². The lowest BCUT2D eigenvalue weighted by Gasteiger charge is -2.12. The van der Waals surface area contributed by atoms with Crippen molar-refractivity contribution in [3.05, 3.63) is 53.9 Å². The van der Waals surface area contributed by atoms with Gasteiger partial charge in [-0.15, -0.1) is 0 Å². The zero-order valence-corrected chi connectivity index (χ0v) is 13.3. The van der Waals surface area contributed by atoms with Gasteiger partial charge < -0.3 is 16.4 Å². The number of carbonyl (C=O) groups is 1. The van der Waals surface area contributed by atoms with Crippen molar-refractivity contribution in [1.82, 2.24) is 15.3 Å². The van der Waals surface area contributed by atoms with Crippen LogP contribution in [0.25, 0.3) is 0 Å². The molecule has 1 atom stereocenters. The van der Waals surface area contributed by atoms with Crippen LogP contribution < -0.4 is 16.4 Å². The summed E-state index contributed by atoms with van der Waals surface area (Å²) in [4.78, 5) is 18.9. The predicted octanol–water partition coefficient (Wildman–Crippen LogP) is 2.11. The molecule has 0 saturated heterocycles. The number of hydrogen-bond acceptors (Lipinski definition) is 5. The van der Waals surface area contributed by atoms with E-state index in [2.05, 4.69) is 20.6 Å². The molecule has 0 aliphatic carbocycles. The van der Waals surface area contributed by atoms with Crippen LogP contribution in [0.4, 0.5) is 19.1 Å². The van der Waals surface area contributed by atoms with E-state index in [0.717, 1.165) is 17.8 Å². The Balaban J connectivity index is 1.73. The maximum Gasteiger partial charge on any atom is 0.433 e. The Morgan fingerprint density at radius 3 is 2.56 bits per heavy atom. The summed E-state index contributed by atoms with van der Waals surface area (Å²) in [6.07, 6.45) is -3.39. The third-order valence-electron chi connectivity index (χ3n) is 3.31. The Hall–Kier alpha value is -2.68. The zero-order chi connectivity index (χ0) is 18.3. The van der Waals surface area contributed by atoms with Crippen LogP contribution >= 0.6 is 0 Å². The maximum atomic E-state index is 12.5. The molecule has 1 aromatic heterocycles. The minimum Gasteiger partial charge on any atom is -0.354 e. The number of amides is 1. The van der Waals surface area contributed by atoms with Crippen molar-refractivity contribution in [1.29, 1.82) is 0 Å². The molecule has 0 fully saturated rings. The van der Waals surface area contributed by atoms with Crippen LogP contribution in [-0.4, -0.2) is 29.0 Å². The molecule has 134 valence electrons. The summed E-state index contributed by atoms with van der Waals surface area (Å²) in [5, 5.41) is 5.27. The zero-order valence-electron chi connectivity index (χ0n) is 13.3. The Bertz CT molecular complexity index is 694. The van der Waals surface area contributed by atoms with Crippen molar-refractivity contribution in [2.45, 2.75) is 18.6 Å². The lowest BCUT2D eigenvalue weighted by atomic mass is 10.0. The van der Waals surface area contributed by atoms with E-state index in [1.165, 1.54) is 0 Å². The van der Waals surface area contributed by atoms with Gasteiger partial charge in [0.25, 0.3) is 0 Å². The molecule has 0 aliphatic heterocycles. The number of nitrogens with zero attached hydrogens (tertiary/aromatic N) is 2. The molecule has 2 aromatic rings. The van der Waals surface area contributed by atoms with Crippen LogP contribution in [0.3, 0.4) is 0 Å². The highest BCUT2D eigenvalue weighted by Gasteiger charge is 2.32. The highest BCUT2D eigenvalue weighted by Crippen LogP contribution is 2.27. The van der Waals surface area contributed by atoms with E-state index in [9.17, 15) is 18.0 Å². The molecule has 0 aliphatic rings. The molecule has 0 radical (unpaired) electrons. The highest BCUT2D eigenvalue weighted by molar-refractivity contribution is 5.76. The number of hydrogen-bond donors (Lipinski definition) is 3. The van der Waals surface area contributed by atoms with Crippen LogP contribution in [0, 0.1) is 0 Å². The average Bonchev–Trinajstić information content (AvgIpc) is 2.59. The van der Waals surface area contributed by atoms with Crippen molar-refractivity contribution in [2.24, 2.45) is 5.73 Å². The summed E-state index contributed by atoms with van der Waals surface area (Å²) in [5.74, 6) is -0.395. The molecular formula is C16H18F3N5O. The lowest BCUT2D eigenvalue weighted by molar-refractivity contribution is -0.141. The van der Waals surface area contributed by atoms with E-state index in [1.54, 1.807) is 0 Å². The molecule has 4 N–H and O–H groups in total. The molecule has 0 saturated carbocycles. The molecule has 9 heteroatoms. The topological polar surface area (TPSA) is 92.9 Å². The second kappa shape index (κ2) is 8.43. The SMILES string of the molecule is NC(CC(=O)NCCNc1nccc(C(F)(F)F)n1)c1ccccc1. The minimum absolute atomic E-state index is 0.115. The van der Waals surface area contributed by atoms with E-state index in [1.807, 2.05) is 30.3 Å². The largest absolute Gasteiger partial charge is 0.433 e. The number of carbonyl (C=O) groups excluding carboxylic acids is 1. The second-order valence-corrected chi connectivity index (χ2v) is 5.26. The van der Waals surface area contributed by atoms with E-state index in [-0.39, 0.29) is 31.4 Å². The first kappa shape index (κ1) is 18.7. The average molecular weight is 353 g/mol. The molecule has 6 nitrogen and oxygen atoms in total. The molecule has 1 unspecified atom stereocenters. The van der Waals surface area contributed by atoms with Gasteiger partial charge >= 0.3 is 6.18 Å². The summed E-state index contributed by atoms with van der Waals surface area (Å²) in [6.45, 7) is 0.396. The maximum absolute atomic E-state index is 12.5. The first-order valence-electron chi connectivity index (χ1n) is 7.57. The number of benzene rings is 1. The van der Waals surface area contributed by atoms with Crippen molar-refractivity contribution in [3.8, 4) is 0 Å². The number of alkyl halides is 3. The van der Waals surface area contributed by atoms with Gasteiger partial charge in [-0.25, -0.2) is 9.97 Å². The van der Waals surface area contributed by atoms with Gasteiger partial charge in [-0.05, 0) is 11.6 Å². The number of nitrogens with two attached hydrogens (primary N) is 1. The fourth-order valence-electron chi connectivity index (χ4n) is 2.07. The first-order valence-corrected chi connectivity index (χ1v) is 7.57. The van der Waals surface area contributed by atoms with Gasteiger partial charge in [-0.3, -0.25) is 4.79 Å². The Kier molecular flexibility index (Phi) is 6.29. The summed E-state index contributed by atoms with van der Waals surface area (Å²) < 4.78 is 37.6. The Labute approximate surface area is 142 Å². The number of aromatic nitrogens is 2. The fourth-order valence-corrected chi connectivity index (χ4v) is 2.07. The van der Waals surface area contributed by atoms with Crippen molar-refractivity contribution in [2.75, 3.05) is 18.4 Å². The molecular weight excluding hydrogens is 335 g/mol. The van der Waals surface area contributed by atoms with Gasteiger partial charge in [-0.1, -0.05) is 30.3 Å². The third kappa shape index (κ3) is 6.03. The molecule has 25 heavy (non-hydrogen) atoms. The van der Waals surface area contributed by atoms with Gasteiger partial charge in [0.1, 0.15) is 5.69 Å². The lowest BCUT2D eigenvalue weighted by Crippen LogP contribution is -2.31. The van der Waals surface area contributed by atoms with E-state index in [0.29, 0.717) is 0 Å². The van der Waals surface area contributed by atoms with E-state index in [4.69, 9.17) is 5.73 Å². The van der Waals surface area contributed by atoms with Crippen LogP contribution in [0.5, 0.6) is 0 Å². The first-order chi connectivity index (χ1) is 11.9. The van der Waals surface area contributed by atoms with Crippen LogP contribution in [-0.2, 0) is 11.0 Å². The standard InChI is InChI=1S/C16H18F3N5O/c17-16(18,19)13-6-7-22-15(24-13)23-9-8-21-14(25)10-12(20)11-4-2-1-3-5-11/h1-7,12H,8-10,20H2,(H,21,25)(H,22,23,24). The molecule has 1 amide bonds. The van der Waals surface area contributed by atoms with Gasteiger partial charge in [0.2, 0.25) is 11.9 Å². The summed E-state index contributed by atoms with van der Waals surface area (Å²) in [6, 6.07) is 9.59. The Morgan fingerprint density at radius 2 is 1.88 bits per heavy atom. The fraction of sp³-hybridized carbons (Fsp3) is 0.312. The normalized spacial score (nSPS) is 12.5. The van der Waals surface area contributed by atoms with E-state index < -0.39 is 17.9 Å². The highest BCUT2D eigenvalue weighted by atomic mass is 19.4. The van der Waals surface area contributed by atoms with Gasteiger partial charge in [0, 0.05) is 31.7 Å².